The van der Waals surface area contributed by atoms with Gasteiger partial charge in [0.25, 0.3) is 5.91 Å². The van der Waals surface area contributed by atoms with Gasteiger partial charge in [0.15, 0.2) is 5.13 Å². The highest BCUT2D eigenvalue weighted by Crippen LogP contribution is 2.42. The van der Waals surface area contributed by atoms with E-state index in [1.807, 2.05) is 11.4 Å². The van der Waals surface area contributed by atoms with E-state index in [4.69, 9.17) is 33.3 Å². The van der Waals surface area contributed by atoms with Crippen molar-refractivity contribution in [2.24, 2.45) is 0 Å². The third-order valence-corrected chi connectivity index (χ3v) is 7.94. The fourth-order valence-corrected chi connectivity index (χ4v) is 6.09. The Bertz CT molecular complexity index is 1130. The molecular weight excluding hydrogens is 515 g/mol. The summed E-state index contributed by atoms with van der Waals surface area (Å²) in [7, 11) is 0. The highest BCUT2D eigenvalue weighted by Gasteiger charge is 2.25. The first-order chi connectivity index (χ1) is 16.5. The van der Waals surface area contributed by atoms with Gasteiger partial charge >= 0.3 is 0 Å². The molecule has 34 heavy (non-hydrogen) atoms. The minimum Gasteiger partial charge on any atom is -0.395 e. The predicted octanol–water partition coefficient (Wildman–Crippen LogP) is 4.76. The lowest BCUT2D eigenvalue weighted by atomic mass is 10.2. The van der Waals surface area contributed by atoms with E-state index in [9.17, 15) is 4.79 Å². The molecule has 3 aromatic heterocycles. The van der Waals surface area contributed by atoms with Gasteiger partial charge in [0.05, 0.1) is 27.1 Å². The van der Waals surface area contributed by atoms with Crippen LogP contribution in [0.3, 0.4) is 0 Å². The monoisotopic (exact) mass is 540 g/mol. The molecule has 1 amide bonds. The fraction of sp³-hybridized carbons (Fsp3) is 0.409. The second kappa shape index (κ2) is 11.7. The number of amides is 1. The molecule has 3 aromatic rings. The van der Waals surface area contributed by atoms with Crippen LogP contribution in [0.2, 0.25) is 10.0 Å². The smallest absolute Gasteiger partial charge is 0.259 e. The van der Waals surface area contributed by atoms with E-state index < -0.39 is 0 Å². The van der Waals surface area contributed by atoms with Gasteiger partial charge in [0.1, 0.15) is 16.5 Å². The number of thiophene rings is 1. The van der Waals surface area contributed by atoms with Crippen LogP contribution in [-0.4, -0.2) is 71.8 Å². The maximum absolute atomic E-state index is 12.9. The van der Waals surface area contributed by atoms with Crippen LogP contribution in [0.15, 0.2) is 23.7 Å². The molecule has 0 radical (unpaired) electrons. The Hall–Kier alpha value is -1.95. The number of carbonyl (C=O) groups is 1. The summed E-state index contributed by atoms with van der Waals surface area (Å²) in [6.45, 7) is 7.40. The summed E-state index contributed by atoms with van der Waals surface area (Å²) in [5, 5.41) is 19.2. The molecule has 0 bridgehead atoms. The maximum Gasteiger partial charge on any atom is 0.259 e. The number of pyridine rings is 1. The second-order valence-corrected chi connectivity index (χ2v) is 10.5. The van der Waals surface area contributed by atoms with Crippen LogP contribution in [0.25, 0.3) is 10.6 Å². The van der Waals surface area contributed by atoms with Crippen molar-refractivity contribution in [3.63, 3.8) is 0 Å². The second-order valence-electron chi connectivity index (χ2n) is 7.79. The van der Waals surface area contributed by atoms with Crippen LogP contribution in [-0.2, 0) is 0 Å². The number of thiazole rings is 1. The highest BCUT2D eigenvalue weighted by atomic mass is 35.5. The quantitative estimate of drug-likeness (QED) is 0.360. The zero-order chi connectivity index (χ0) is 24.1. The lowest BCUT2D eigenvalue weighted by Crippen LogP contribution is -2.46. The van der Waals surface area contributed by atoms with Crippen molar-refractivity contribution in [1.29, 1.82) is 0 Å². The average Bonchev–Trinajstić information content (AvgIpc) is 3.45. The van der Waals surface area contributed by atoms with E-state index in [0.29, 0.717) is 33.1 Å². The molecule has 0 saturated carbocycles. The number of hydrogen-bond donors (Lipinski definition) is 3. The molecule has 0 spiro atoms. The van der Waals surface area contributed by atoms with Gasteiger partial charge in [-0.2, -0.15) is 0 Å². The van der Waals surface area contributed by atoms with Gasteiger partial charge in [0, 0.05) is 44.3 Å². The summed E-state index contributed by atoms with van der Waals surface area (Å²) >= 11 is 15.4. The van der Waals surface area contributed by atoms with Gasteiger partial charge in [0.2, 0.25) is 0 Å². The Labute approximate surface area is 216 Å². The molecule has 12 heteroatoms. The molecular formula is C22H26Cl2N6O2S2. The first-order valence-corrected chi connectivity index (χ1v) is 13.5. The first-order valence-electron chi connectivity index (χ1n) is 11.0. The molecule has 1 saturated heterocycles. The number of nitrogens with zero attached hydrogens (tertiary/aromatic N) is 4. The number of aliphatic hydroxyl groups is 1. The molecule has 4 rings (SSSR count). The fourth-order valence-electron chi connectivity index (χ4n) is 3.70. The van der Waals surface area contributed by atoms with Gasteiger partial charge < -0.3 is 15.3 Å². The van der Waals surface area contributed by atoms with Crippen molar-refractivity contribution in [2.75, 3.05) is 61.4 Å². The molecule has 1 aliphatic rings. The zero-order valence-electron chi connectivity index (χ0n) is 18.7. The van der Waals surface area contributed by atoms with Crippen LogP contribution >= 0.6 is 45.9 Å². The standard InChI is InChI=1S/C22H26Cl2N6O2S2/c1-2-4-29-5-7-30(8-6-29)21-18(17-11-15(23)13-33-17)27-22(34-21)28-20(32)14-10-16(24)19(26-12-14)25-3-9-31/h10-13,31H,2-9H2,1H3,(H,25,26)(H,27,28,32). The number of halogens is 2. The molecule has 0 aliphatic carbocycles. The Balaban J connectivity index is 1.54. The molecule has 0 unspecified atom stereocenters. The Morgan fingerprint density at radius 2 is 2.03 bits per heavy atom. The van der Waals surface area contributed by atoms with Gasteiger partial charge in [-0.3, -0.25) is 15.0 Å². The van der Waals surface area contributed by atoms with Crippen molar-refractivity contribution in [1.82, 2.24) is 14.9 Å². The Morgan fingerprint density at radius 3 is 2.68 bits per heavy atom. The molecule has 8 nitrogen and oxygen atoms in total. The minimum atomic E-state index is -0.341. The van der Waals surface area contributed by atoms with E-state index in [1.54, 1.807) is 6.07 Å². The van der Waals surface area contributed by atoms with E-state index in [1.165, 1.54) is 28.9 Å². The maximum atomic E-state index is 12.9. The highest BCUT2D eigenvalue weighted by molar-refractivity contribution is 7.21. The summed E-state index contributed by atoms with van der Waals surface area (Å²) in [5.41, 5.74) is 1.16. The SMILES string of the molecule is CCCN1CCN(c2sc(NC(=O)c3cnc(NCCO)c(Cl)c3)nc2-c2cc(Cl)cs2)CC1. The summed E-state index contributed by atoms with van der Waals surface area (Å²) in [6, 6.07) is 3.45. The van der Waals surface area contributed by atoms with Gasteiger partial charge in [-0.25, -0.2) is 9.97 Å². The van der Waals surface area contributed by atoms with Gasteiger partial charge in [-0.05, 0) is 25.1 Å². The summed E-state index contributed by atoms with van der Waals surface area (Å²) in [5.74, 6) is 0.0785. The molecule has 182 valence electrons. The minimum absolute atomic E-state index is 0.0436. The van der Waals surface area contributed by atoms with E-state index >= 15 is 0 Å². The molecule has 0 aromatic carbocycles. The summed E-state index contributed by atoms with van der Waals surface area (Å²) in [4.78, 5) is 27.6. The molecule has 1 aliphatic heterocycles. The number of aliphatic hydroxyl groups excluding tert-OH is 1. The van der Waals surface area contributed by atoms with Crippen LogP contribution in [0.1, 0.15) is 23.7 Å². The van der Waals surface area contributed by atoms with Crippen molar-refractivity contribution in [3.8, 4) is 10.6 Å². The molecule has 4 heterocycles. The summed E-state index contributed by atoms with van der Waals surface area (Å²) < 4.78 is 0. The van der Waals surface area contributed by atoms with Crippen LogP contribution in [0.5, 0.6) is 0 Å². The third-order valence-electron chi connectivity index (χ3n) is 5.34. The Kier molecular flexibility index (Phi) is 8.62. The number of hydrogen-bond acceptors (Lipinski definition) is 9. The van der Waals surface area contributed by atoms with Gasteiger partial charge in [-0.15, -0.1) is 11.3 Å². The Morgan fingerprint density at radius 1 is 1.24 bits per heavy atom. The normalized spacial score (nSPS) is 14.4. The first kappa shape index (κ1) is 25.2. The molecule has 0 atom stereocenters. The summed E-state index contributed by atoms with van der Waals surface area (Å²) in [6.07, 6.45) is 2.59. The van der Waals surface area contributed by atoms with Crippen LogP contribution < -0.4 is 15.5 Å². The van der Waals surface area contributed by atoms with E-state index in [2.05, 4.69) is 32.3 Å². The third kappa shape index (κ3) is 5.99. The number of piperazine rings is 1. The lowest BCUT2D eigenvalue weighted by Gasteiger charge is -2.35. The molecule has 1 fully saturated rings. The largest absolute Gasteiger partial charge is 0.395 e. The molecule has 3 N–H and O–H groups in total. The van der Waals surface area contributed by atoms with Crippen molar-refractivity contribution in [2.45, 2.75) is 13.3 Å². The van der Waals surface area contributed by atoms with Gasteiger partial charge in [-0.1, -0.05) is 41.5 Å². The average molecular weight is 542 g/mol. The lowest BCUT2D eigenvalue weighted by molar-refractivity contribution is 0.102. The van der Waals surface area contributed by atoms with Crippen LogP contribution in [0, 0.1) is 0 Å². The zero-order valence-corrected chi connectivity index (χ0v) is 21.8. The number of anilines is 3. The van der Waals surface area contributed by atoms with Crippen molar-refractivity contribution in [3.05, 3.63) is 39.3 Å². The number of carbonyl (C=O) groups excluding carboxylic acids is 1. The topological polar surface area (TPSA) is 93.6 Å². The predicted molar refractivity (Wildman–Crippen MR) is 142 cm³/mol. The van der Waals surface area contributed by atoms with E-state index in [0.717, 1.165) is 54.7 Å². The number of nitrogens with one attached hydrogen (secondary N) is 2. The number of rotatable bonds is 9. The van der Waals surface area contributed by atoms with Crippen molar-refractivity contribution >= 4 is 67.7 Å². The number of aromatic nitrogens is 2. The van der Waals surface area contributed by atoms with E-state index in [-0.39, 0.29) is 12.5 Å². The van der Waals surface area contributed by atoms with Crippen LogP contribution in [0.4, 0.5) is 16.0 Å². The van der Waals surface area contributed by atoms with Crippen molar-refractivity contribution < 1.29 is 9.90 Å².